The highest BCUT2D eigenvalue weighted by Crippen LogP contribution is 2.45. The molecule has 0 bridgehead atoms. The van der Waals surface area contributed by atoms with Crippen molar-refractivity contribution in [3.8, 4) is 11.5 Å². The summed E-state index contributed by atoms with van der Waals surface area (Å²) >= 11 is 0. The Morgan fingerprint density at radius 3 is 2.69 bits per heavy atom. The summed E-state index contributed by atoms with van der Waals surface area (Å²) in [5.41, 5.74) is 2.42. The van der Waals surface area contributed by atoms with Gasteiger partial charge in [0, 0.05) is 19.8 Å². The van der Waals surface area contributed by atoms with Crippen LogP contribution in [-0.2, 0) is 11.2 Å². The maximum absolute atomic E-state index is 13.1. The first-order valence-corrected chi connectivity index (χ1v) is 9.16. The number of rotatable bonds is 2. The van der Waals surface area contributed by atoms with Gasteiger partial charge in [-0.05, 0) is 60.6 Å². The number of carbonyl (C=O) groups is 1. The Morgan fingerprint density at radius 1 is 1.12 bits per heavy atom. The zero-order valence-corrected chi connectivity index (χ0v) is 14.5. The number of amides is 1. The van der Waals surface area contributed by atoms with Crippen LogP contribution >= 0.6 is 0 Å². The van der Waals surface area contributed by atoms with Crippen molar-refractivity contribution in [1.29, 1.82) is 0 Å². The molecule has 0 N–H and O–H groups in total. The van der Waals surface area contributed by atoms with Gasteiger partial charge in [-0.1, -0.05) is 0 Å². The molecule has 136 valence electrons. The van der Waals surface area contributed by atoms with E-state index in [1.54, 1.807) is 18.4 Å². The molecule has 0 radical (unpaired) electrons. The molecule has 4 heterocycles. The molecule has 1 atom stereocenters. The summed E-state index contributed by atoms with van der Waals surface area (Å²) in [4.78, 5) is 15.1. The molecule has 0 spiro atoms. The van der Waals surface area contributed by atoms with Gasteiger partial charge in [-0.25, -0.2) is 0 Å². The molecule has 2 aromatic rings. The van der Waals surface area contributed by atoms with Crippen LogP contribution in [0.25, 0.3) is 0 Å². The van der Waals surface area contributed by atoms with E-state index in [0.717, 1.165) is 44.0 Å². The fraction of sp³-hybridized carbons (Fsp3) is 0.450. The van der Waals surface area contributed by atoms with Gasteiger partial charge in [-0.2, -0.15) is 0 Å². The number of fused-ring (bicyclic) bond motifs is 2. The summed E-state index contributed by atoms with van der Waals surface area (Å²) in [6, 6.07) is 7.65. The second-order valence-corrected chi connectivity index (χ2v) is 7.02. The number of ether oxygens (including phenoxy) is 3. The van der Waals surface area contributed by atoms with Gasteiger partial charge < -0.3 is 23.5 Å². The maximum Gasteiger partial charge on any atom is 0.290 e. The van der Waals surface area contributed by atoms with E-state index in [1.807, 2.05) is 4.90 Å². The highest BCUT2D eigenvalue weighted by molar-refractivity contribution is 5.92. The Labute approximate surface area is 151 Å². The zero-order chi connectivity index (χ0) is 17.5. The minimum atomic E-state index is -0.0465. The molecule has 26 heavy (non-hydrogen) atoms. The topological polar surface area (TPSA) is 61.1 Å². The summed E-state index contributed by atoms with van der Waals surface area (Å²) in [7, 11) is 0. The van der Waals surface area contributed by atoms with E-state index in [1.165, 1.54) is 11.1 Å². The molecular weight excluding hydrogens is 334 g/mol. The standard InChI is InChI=1S/C20H21NO5/c22-20(16-2-1-7-24-16)21-6-3-14-10-17-18(26-12-25-17)11-15(14)19(21)13-4-8-23-9-5-13/h1-2,7,10-11,13,19H,3-6,8-9,12H2/t19-/m1/s1. The molecule has 0 aliphatic carbocycles. The molecule has 1 saturated heterocycles. The van der Waals surface area contributed by atoms with E-state index in [0.29, 0.717) is 18.2 Å². The van der Waals surface area contributed by atoms with Crippen molar-refractivity contribution < 1.29 is 23.4 Å². The van der Waals surface area contributed by atoms with Gasteiger partial charge in [0.15, 0.2) is 17.3 Å². The molecular formula is C20H21NO5. The van der Waals surface area contributed by atoms with Crippen LogP contribution in [0.5, 0.6) is 11.5 Å². The minimum absolute atomic E-state index is 0.00903. The summed E-state index contributed by atoms with van der Waals surface area (Å²) in [6.45, 7) is 2.41. The number of benzene rings is 1. The monoisotopic (exact) mass is 355 g/mol. The molecule has 5 rings (SSSR count). The first-order valence-electron chi connectivity index (χ1n) is 9.16. The Kier molecular flexibility index (Phi) is 3.85. The molecule has 1 fully saturated rings. The molecule has 0 unspecified atom stereocenters. The van der Waals surface area contributed by atoms with Gasteiger partial charge in [0.2, 0.25) is 6.79 Å². The van der Waals surface area contributed by atoms with Crippen LogP contribution in [0.1, 0.15) is 40.6 Å². The smallest absolute Gasteiger partial charge is 0.290 e. The van der Waals surface area contributed by atoms with Gasteiger partial charge in [0.05, 0.1) is 12.3 Å². The van der Waals surface area contributed by atoms with Crippen molar-refractivity contribution in [2.75, 3.05) is 26.6 Å². The predicted octanol–water partition coefficient (Wildman–Crippen LogP) is 3.17. The van der Waals surface area contributed by atoms with Crippen LogP contribution in [-0.4, -0.2) is 37.4 Å². The number of furan rings is 1. The summed E-state index contributed by atoms with van der Waals surface area (Å²) in [5, 5.41) is 0. The molecule has 3 aliphatic heterocycles. The normalized spacial score (nSPS) is 22.3. The van der Waals surface area contributed by atoms with E-state index in [-0.39, 0.29) is 18.7 Å². The number of hydrogen-bond acceptors (Lipinski definition) is 5. The highest BCUT2D eigenvalue weighted by Gasteiger charge is 2.39. The molecule has 1 amide bonds. The Bertz CT molecular complexity index is 810. The van der Waals surface area contributed by atoms with Crippen molar-refractivity contribution in [2.45, 2.75) is 25.3 Å². The van der Waals surface area contributed by atoms with Crippen LogP contribution < -0.4 is 9.47 Å². The van der Waals surface area contributed by atoms with Gasteiger partial charge in [0.1, 0.15) is 0 Å². The van der Waals surface area contributed by atoms with Crippen LogP contribution in [0.3, 0.4) is 0 Å². The Hall–Kier alpha value is -2.47. The van der Waals surface area contributed by atoms with E-state index in [4.69, 9.17) is 18.6 Å². The fourth-order valence-corrected chi connectivity index (χ4v) is 4.35. The predicted molar refractivity (Wildman–Crippen MR) is 92.3 cm³/mol. The van der Waals surface area contributed by atoms with E-state index >= 15 is 0 Å². The van der Waals surface area contributed by atoms with Crippen molar-refractivity contribution in [1.82, 2.24) is 4.90 Å². The van der Waals surface area contributed by atoms with Gasteiger partial charge >= 0.3 is 0 Å². The Morgan fingerprint density at radius 2 is 1.92 bits per heavy atom. The first kappa shape index (κ1) is 15.8. The van der Waals surface area contributed by atoms with Gasteiger partial charge in [-0.15, -0.1) is 0 Å². The van der Waals surface area contributed by atoms with Gasteiger partial charge in [0.25, 0.3) is 5.91 Å². The molecule has 6 nitrogen and oxygen atoms in total. The number of carbonyl (C=O) groups excluding carboxylic acids is 1. The first-order chi connectivity index (χ1) is 12.8. The lowest BCUT2D eigenvalue weighted by atomic mass is 9.80. The SMILES string of the molecule is O=C(c1ccco1)N1CCc2cc3c(cc2[C@H]1C1CCOCC1)OCO3. The maximum atomic E-state index is 13.1. The average Bonchev–Trinajstić information content (AvgIpc) is 3.37. The van der Waals surface area contributed by atoms with E-state index < -0.39 is 0 Å². The fourth-order valence-electron chi connectivity index (χ4n) is 4.35. The number of nitrogens with zero attached hydrogens (tertiary/aromatic N) is 1. The van der Waals surface area contributed by atoms with Crippen molar-refractivity contribution in [3.63, 3.8) is 0 Å². The zero-order valence-electron chi connectivity index (χ0n) is 14.5. The lowest BCUT2D eigenvalue weighted by Gasteiger charge is -2.42. The summed E-state index contributed by atoms with van der Waals surface area (Å²) < 4.78 is 22.1. The Balaban J connectivity index is 1.56. The van der Waals surface area contributed by atoms with E-state index in [2.05, 4.69) is 12.1 Å². The molecule has 3 aliphatic rings. The third-order valence-corrected chi connectivity index (χ3v) is 5.62. The second kappa shape index (κ2) is 6.36. The quantitative estimate of drug-likeness (QED) is 0.828. The van der Waals surface area contributed by atoms with Crippen LogP contribution in [0.2, 0.25) is 0 Å². The lowest BCUT2D eigenvalue weighted by molar-refractivity contribution is 0.0183. The third-order valence-electron chi connectivity index (χ3n) is 5.62. The molecule has 1 aromatic carbocycles. The average molecular weight is 355 g/mol. The highest BCUT2D eigenvalue weighted by atomic mass is 16.7. The third kappa shape index (κ3) is 2.56. The van der Waals surface area contributed by atoms with Crippen molar-refractivity contribution in [2.24, 2.45) is 5.92 Å². The second-order valence-electron chi connectivity index (χ2n) is 7.02. The lowest BCUT2D eigenvalue weighted by Crippen LogP contribution is -2.44. The molecule has 0 saturated carbocycles. The molecule has 1 aromatic heterocycles. The summed E-state index contributed by atoms with van der Waals surface area (Å²) in [5.74, 6) is 2.29. The van der Waals surface area contributed by atoms with Crippen LogP contribution in [0.4, 0.5) is 0 Å². The van der Waals surface area contributed by atoms with Crippen molar-refractivity contribution in [3.05, 3.63) is 47.4 Å². The van der Waals surface area contributed by atoms with E-state index in [9.17, 15) is 4.79 Å². The van der Waals surface area contributed by atoms with Crippen molar-refractivity contribution >= 4 is 5.91 Å². The summed E-state index contributed by atoms with van der Waals surface area (Å²) in [6.07, 6.45) is 4.24. The number of hydrogen-bond donors (Lipinski definition) is 0. The van der Waals surface area contributed by atoms with Crippen LogP contribution in [0.15, 0.2) is 34.9 Å². The van der Waals surface area contributed by atoms with Crippen LogP contribution in [0, 0.1) is 5.92 Å². The van der Waals surface area contributed by atoms with Gasteiger partial charge in [-0.3, -0.25) is 4.79 Å². The minimum Gasteiger partial charge on any atom is -0.459 e. The largest absolute Gasteiger partial charge is 0.459 e. The molecule has 6 heteroatoms.